The summed E-state index contributed by atoms with van der Waals surface area (Å²) in [7, 11) is 0. The Bertz CT molecular complexity index is 458. The number of carbonyl (C=O) groups is 1. The van der Waals surface area contributed by atoms with Crippen molar-refractivity contribution in [2.45, 2.75) is 33.1 Å². The number of nitrogens with zero attached hydrogens (tertiary/aromatic N) is 1. The van der Waals surface area contributed by atoms with Gasteiger partial charge < -0.3 is 4.90 Å². The minimum Gasteiger partial charge on any atom is -0.342 e. The Labute approximate surface area is 120 Å². The number of amides is 1. The first-order valence-electron chi connectivity index (χ1n) is 7.00. The van der Waals surface area contributed by atoms with Crippen LogP contribution in [0, 0.1) is 19.8 Å². The van der Waals surface area contributed by atoms with Gasteiger partial charge in [0.25, 0.3) is 0 Å². The lowest BCUT2D eigenvalue weighted by atomic mass is 9.98. The maximum Gasteiger partial charge on any atom is 0.226 e. The van der Waals surface area contributed by atoms with Gasteiger partial charge in [0.15, 0.2) is 0 Å². The number of halogens is 1. The van der Waals surface area contributed by atoms with Crippen molar-refractivity contribution in [2.24, 2.45) is 5.92 Å². The van der Waals surface area contributed by atoms with Crippen LogP contribution in [0.4, 0.5) is 0 Å². The van der Waals surface area contributed by atoms with Gasteiger partial charge in [-0.05, 0) is 49.3 Å². The fourth-order valence-electron chi connectivity index (χ4n) is 2.62. The molecular formula is C16H22ClNO. The molecule has 0 aromatic heterocycles. The molecular weight excluding hydrogens is 258 g/mol. The zero-order chi connectivity index (χ0) is 13.8. The van der Waals surface area contributed by atoms with Gasteiger partial charge in [-0.1, -0.05) is 18.2 Å². The van der Waals surface area contributed by atoms with Gasteiger partial charge in [-0.2, -0.15) is 0 Å². The second-order valence-corrected chi connectivity index (χ2v) is 5.91. The Morgan fingerprint density at radius 3 is 2.84 bits per heavy atom. The number of carbonyl (C=O) groups excluding carboxylic acids is 1. The summed E-state index contributed by atoms with van der Waals surface area (Å²) in [5, 5.41) is 0. The third-order valence-electron chi connectivity index (χ3n) is 4.02. The van der Waals surface area contributed by atoms with Crippen molar-refractivity contribution in [1.82, 2.24) is 4.90 Å². The molecule has 0 spiro atoms. The van der Waals surface area contributed by atoms with E-state index in [1.54, 1.807) is 0 Å². The highest BCUT2D eigenvalue weighted by atomic mass is 35.5. The first-order valence-corrected chi connectivity index (χ1v) is 7.53. The molecule has 1 aliphatic heterocycles. The fraction of sp³-hybridized carbons (Fsp3) is 0.562. The van der Waals surface area contributed by atoms with E-state index in [1.807, 2.05) is 4.90 Å². The predicted molar refractivity (Wildman–Crippen MR) is 79.6 cm³/mol. The number of benzene rings is 1. The van der Waals surface area contributed by atoms with Crippen molar-refractivity contribution in [3.63, 3.8) is 0 Å². The molecule has 0 aliphatic carbocycles. The van der Waals surface area contributed by atoms with Crippen LogP contribution < -0.4 is 0 Å². The van der Waals surface area contributed by atoms with Crippen LogP contribution in [0.1, 0.15) is 29.5 Å². The Morgan fingerprint density at radius 2 is 2.16 bits per heavy atom. The van der Waals surface area contributed by atoms with E-state index in [-0.39, 0.29) is 5.91 Å². The molecule has 2 nitrogen and oxygen atoms in total. The topological polar surface area (TPSA) is 20.3 Å². The lowest BCUT2D eigenvalue weighted by Gasteiger charge is -2.32. The van der Waals surface area contributed by atoms with E-state index in [9.17, 15) is 4.79 Å². The molecule has 1 amide bonds. The summed E-state index contributed by atoms with van der Waals surface area (Å²) >= 11 is 5.91. The van der Waals surface area contributed by atoms with Crippen LogP contribution in [0.25, 0.3) is 0 Å². The Balaban J connectivity index is 1.98. The van der Waals surface area contributed by atoms with Crippen molar-refractivity contribution in [2.75, 3.05) is 19.0 Å². The van der Waals surface area contributed by atoms with Crippen molar-refractivity contribution in [3.05, 3.63) is 34.9 Å². The molecule has 19 heavy (non-hydrogen) atoms. The molecule has 0 radical (unpaired) electrons. The third-order valence-corrected chi connectivity index (χ3v) is 4.45. The lowest BCUT2D eigenvalue weighted by molar-refractivity contribution is -0.132. The van der Waals surface area contributed by atoms with Gasteiger partial charge in [0.05, 0.1) is 6.42 Å². The Morgan fingerprint density at radius 1 is 1.37 bits per heavy atom. The molecule has 1 aromatic rings. The smallest absolute Gasteiger partial charge is 0.226 e. The normalized spacial score (nSPS) is 19.5. The minimum absolute atomic E-state index is 0.234. The van der Waals surface area contributed by atoms with Gasteiger partial charge in [-0.3, -0.25) is 4.79 Å². The molecule has 1 heterocycles. The molecule has 1 unspecified atom stereocenters. The monoisotopic (exact) mass is 279 g/mol. The fourth-order valence-corrected chi connectivity index (χ4v) is 2.87. The molecule has 3 heteroatoms. The van der Waals surface area contributed by atoms with Crippen LogP contribution in [0.15, 0.2) is 18.2 Å². The van der Waals surface area contributed by atoms with Crippen LogP contribution in [0.3, 0.4) is 0 Å². The molecule has 1 saturated heterocycles. The van der Waals surface area contributed by atoms with Crippen LogP contribution in [-0.4, -0.2) is 29.8 Å². The van der Waals surface area contributed by atoms with Crippen molar-refractivity contribution >= 4 is 17.5 Å². The second-order valence-electron chi connectivity index (χ2n) is 5.60. The van der Waals surface area contributed by atoms with E-state index in [4.69, 9.17) is 11.6 Å². The van der Waals surface area contributed by atoms with Crippen LogP contribution in [-0.2, 0) is 11.2 Å². The van der Waals surface area contributed by atoms with Crippen LogP contribution in [0.5, 0.6) is 0 Å². The number of hydrogen-bond acceptors (Lipinski definition) is 1. The maximum absolute atomic E-state index is 12.3. The minimum atomic E-state index is 0.234. The zero-order valence-electron chi connectivity index (χ0n) is 11.8. The van der Waals surface area contributed by atoms with Gasteiger partial charge in [0, 0.05) is 19.0 Å². The van der Waals surface area contributed by atoms with Crippen molar-refractivity contribution in [3.8, 4) is 0 Å². The molecule has 0 saturated carbocycles. The van der Waals surface area contributed by atoms with Gasteiger partial charge in [0.2, 0.25) is 5.91 Å². The molecule has 1 fully saturated rings. The largest absolute Gasteiger partial charge is 0.342 e. The summed E-state index contributed by atoms with van der Waals surface area (Å²) < 4.78 is 0. The highest BCUT2D eigenvalue weighted by Gasteiger charge is 2.22. The van der Waals surface area contributed by atoms with Crippen molar-refractivity contribution in [1.29, 1.82) is 0 Å². The van der Waals surface area contributed by atoms with Gasteiger partial charge in [0.1, 0.15) is 0 Å². The van der Waals surface area contributed by atoms with Crippen molar-refractivity contribution < 1.29 is 4.79 Å². The summed E-state index contributed by atoms with van der Waals surface area (Å²) in [6, 6.07) is 6.27. The van der Waals surface area contributed by atoms with Gasteiger partial charge >= 0.3 is 0 Å². The average Bonchev–Trinajstić information content (AvgIpc) is 2.43. The third kappa shape index (κ3) is 3.73. The van der Waals surface area contributed by atoms with E-state index < -0.39 is 0 Å². The summed E-state index contributed by atoms with van der Waals surface area (Å²) in [6.45, 7) is 5.90. The molecule has 1 aromatic carbocycles. The maximum atomic E-state index is 12.3. The molecule has 0 bridgehead atoms. The quantitative estimate of drug-likeness (QED) is 0.777. The Kier molecular flexibility index (Phi) is 4.87. The lowest BCUT2D eigenvalue weighted by Crippen LogP contribution is -2.41. The summed E-state index contributed by atoms with van der Waals surface area (Å²) in [5.74, 6) is 1.37. The SMILES string of the molecule is Cc1ccc(CC(=O)N2CCCC(CCl)C2)cc1C. The number of aryl methyl sites for hydroxylation is 2. The highest BCUT2D eigenvalue weighted by Crippen LogP contribution is 2.19. The van der Waals surface area contributed by atoms with E-state index in [0.717, 1.165) is 31.5 Å². The number of alkyl halides is 1. The van der Waals surface area contributed by atoms with Gasteiger partial charge in [-0.15, -0.1) is 11.6 Å². The molecule has 2 rings (SSSR count). The number of rotatable bonds is 3. The van der Waals surface area contributed by atoms with E-state index >= 15 is 0 Å². The molecule has 1 aliphatic rings. The van der Waals surface area contributed by atoms with Crippen LogP contribution in [0.2, 0.25) is 0 Å². The van der Waals surface area contributed by atoms with E-state index in [0.29, 0.717) is 18.2 Å². The first kappa shape index (κ1) is 14.4. The summed E-state index contributed by atoms with van der Waals surface area (Å²) in [4.78, 5) is 14.3. The highest BCUT2D eigenvalue weighted by molar-refractivity contribution is 6.18. The van der Waals surface area contributed by atoms with Crippen LogP contribution >= 0.6 is 11.6 Å². The standard InChI is InChI=1S/C16H22ClNO/c1-12-5-6-14(8-13(12)2)9-16(19)18-7-3-4-15(10-17)11-18/h5-6,8,15H,3-4,7,9-11H2,1-2H3. The predicted octanol–water partition coefficient (Wildman–Crippen LogP) is 3.32. The van der Waals surface area contributed by atoms with E-state index in [2.05, 4.69) is 32.0 Å². The van der Waals surface area contributed by atoms with E-state index in [1.165, 1.54) is 11.1 Å². The number of hydrogen-bond donors (Lipinski definition) is 0. The average molecular weight is 280 g/mol. The summed E-state index contributed by atoms with van der Waals surface area (Å²) in [6.07, 6.45) is 2.74. The molecule has 104 valence electrons. The zero-order valence-corrected chi connectivity index (χ0v) is 12.5. The molecule has 0 N–H and O–H groups in total. The number of likely N-dealkylation sites (tertiary alicyclic amines) is 1. The molecule has 1 atom stereocenters. The second kappa shape index (κ2) is 6.42. The summed E-state index contributed by atoms with van der Waals surface area (Å²) in [5.41, 5.74) is 3.64. The first-order chi connectivity index (χ1) is 9.10. The van der Waals surface area contributed by atoms with Gasteiger partial charge in [-0.25, -0.2) is 0 Å². The Hall–Kier alpha value is -1.02. The number of piperidine rings is 1.